The molecular weight excluding hydrogens is 162 g/mol. The van der Waals surface area contributed by atoms with Gasteiger partial charge in [-0.3, -0.25) is 0 Å². The van der Waals surface area contributed by atoms with Gasteiger partial charge in [-0.15, -0.1) is 0 Å². The highest BCUT2D eigenvalue weighted by molar-refractivity contribution is 4.98. The normalized spacial score (nSPS) is 27.9. The van der Waals surface area contributed by atoms with Gasteiger partial charge in [0.2, 0.25) is 0 Å². The minimum atomic E-state index is -0.180. The maximum absolute atomic E-state index is 5.76. The van der Waals surface area contributed by atoms with Crippen molar-refractivity contribution < 1.29 is 0 Å². The van der Waals surface area contributed by atoms with Gasteiger partial charge in [0, 0.05) is 11.1 Å². The van der Waals surface area contributed by atoms with Crippen LogP contribution in [0.2, 0.25) is 0 Å². The predicted octanol–water partition coefficient (Wildman–Crippen LogP) is 0.787. The molecule has 0 aromatic rings. The van der Waals surface area contributed by atoms with E-state index in [1.54, 1.807) is 0 Å². The monoisotopic (exact) mass is 185 g/mol. The fraction of sp³-hybridized carbons (Fsp3) is 1.00. The molecule has 0 aromatic heterocycles. The van der Waals surface area contributed by atoms with Crippen molar-refractivity contribution >= 4 is 0 Å². The molecule has 1 heterocycles. The molecule has 0 radical (unpaired) electrons. The quantitative estimate of drug-likeness (QED) is 0.529. The number of piperidine rings is 1. The van der Waals surface area contributed by atoms with Crippen molar-refractivity contribution in [3.05, 3.63) is 0 Å². The second-order valence-electron chi connectivity index (χ2n) is 5.64. The van der Waals surface area contributed by atoms with Crippen LogP contribution in [-0.2, 0) is 0 Å². The van der Waals surface area contributed by atoms with Crippen molar-refractivity contribution in [3.8, 4) is 0 Å². The Morgan fingerprint density at radius 1 is 1.08 bits per heavy atom. The van der Waals surface area contributed by atoms with E-state index in [2.05, 4.69) is 33.0 Å². The number of hydrogen-bond acceptors (Lipinski definition) is 3. The summed E-state index contributed by atoms with van der Waals surface area (Å²) >= 11 is 0. The van der Waals surface area contributed by atoms with Gasteiger partial charge in [0.1, 0.15) is 0 Å². The first-order chi connectivity index (χ1) is 5.72. The predicted molar refractivity (Wildman–Crippen MR) is 56.2 cm³/mol. The summed E-state index contributed by atoms with van der Waals surface area (Å²) in [4.78, 5) is 0. The topological polar surface area (TPSA) is 64.1 Å². The zero-order valence-corrected chi connectivity index (χ0v) is 9.22. The zero-order valence-electron chi connectivity index (χ0n) is 9.22. The van der Waals surface area contributed by atoms with Gasteiger partial charge in [-0.25, -0.2) is 0 Å². The molecule has 0 amide bonds. The summed E-state index contributed by atoms with van der Waals surface area (Å²) in [5.74, 6) is 0.436. The van der Waals surface area contributed by atoms with Crippen molar-refractivity contribution in [3.63, 3.8) is 0 Å². The molecule has 3 heteroatoms. The Hall–Kier alpha value is -0.120. The van der Waals surface area contributed by atoms with Crippen LogP contribution in [-0.4, -0.2) is 17.2 Å². The van der Waals surface area contributed by atoms with E-state index in [-0.39, 0.29) is 17.2 Å². The summed E-state index contributed by atoms with van der Waals surface area (Å²) in [6, 6.07) is 0. The van der Waals surface area contributed by atoms with Crippen LogP contribution in [0.5, 0.6) is 0 Å². The number of nitrogens with two attached hydrogens (primary N) is 2. The summed E-state index contributed by atoms with van der Waals surface area (Å²) in [5.41, 5.74) is 11.8. The fourth-order valence-electron chi connectivity index (χ4n) is 2.67. The standard InChI is InChI=1S/C10H23N3/c1-9(2)5-7(8(11)12)6-10(3,4)13-9/h7-8,13H,5-6,11-12H2,1-4H3. The van der Waals surface area contributed by atoms with E-state index in [0.717, 1.165) is 12.8 Å². The first-order valence-corrected chi connectivity index (χ1v) is 5.02. The van der Waals surface area contributed by atoms with Gasteiger partial charge in [-0.1, -0.05) is 0 Å². The van der Waals surface area contributed by atoms with Crippen LogP contribution >= 0.6 is 0 Å². The molecule has 3 nitrogen and oxygen atoms in total. The van der Waals surface area contributed by atoms with Crippen LogP contribution in [0.3, 0.4) is 0 Å². The second kappa shape index (κ2) is 3.23. The van der Waals surface area contributed by atoms with Crippen LogP contribution < -0.4 is 16.8 Å². The number of nitrogens with one attached hydrogen (secondary N) is 1. The third-order valence-electron chi connectivity index (χ3n) is 2.77. The Balaban J connectivity index is 2.72. The van der Waals surface area contributed by atoms with Crippen LogP contribution in [0.25, 0.3) is 0 Å². The van der Waals surface area contributed by atoms with Gasteiger partial charge in [0.25, 0.3) is 0 Å². The van der Waals surface area contributed by atoms with E-state index >= 15 is 0 Å². The van der Waals surface area contributed by atoms with Crippen LogP contribution in [0.4, 0.5) is 0 Å². The van der Waals surface area contributed by atoms with Crippen molar-refractivity contribution in [1.29, 1.82) is 0 Å². The lowest BCUT2D eigenvalue weighted by atomic mass is 9.75. The lowest BCUT2D eigenvalue weighted by Crippen LogP contribution is -2.61. The number of rotatable bonds is 1. The first kappa shape index (κ1) is 11.0. The summed E-state index contributed by atoms with van der Waals surface area (Å²) < 4.78 is 0. The van der Waals surface area contributed by atoms with E-state index in [1.807, 2.05) is 0 Å². The molecular formula is C10H23N3. The lowest BCUT2D eigenvalue weighted by Gasteiger charge is -2.47. The van der Waals surface area contributed by atoms with Gasteiger partial charge >= 0.3 is 0 Å². The van der Waals surface area contributed by atoms with E-state index in [4.69, 9.17) is 11.5 Å². The average Bonchev–Trinajstić information content (AvgIpc) is 1.79. The van der Waals surface area contributed by atoms with Crippen molar-refractivity contribution in [2.24, 2.45) is 17.4 Å². The molecule has 0 aromatic carbocycles. The van der Waals surface area contributed by atoms with E-state index in [1.165, 1.54) is 0 Å². The van der Waals surface area contributed by atoms with E-state index in [0.29, 0.717) is 5.92 Å². The molecule has 0 unspecified atom stereocenters. The highest BCUT2D eigenvalue weighted by Gasteiger charge is 2.38. The SMILES string of the molecule is CC1(C)CC(C(N)N)CC(C)(C)N1. The summed E-state index contributed by atoms with van der Waals surface area (Å²) in [5, 5.41) is 3.61. The minimum Gasteiger partial charge on any atom is -0.316 e. The zero-order chi connectivity index (χ0) is 10.3. The largest absolute Gasteiger partial charge is 0.316 e. The Morgan fingerprint density at radius 3 is 1.77 bits per heavy atom. The third-order valence-corrected chi connectivity index (χ3v) is 2.77. The Labute approximate surface area is 81.2 Å². The van der Waals surface area contributed by atoms with Crippen molar-refractivity contribution in [1.82, 2.24) is 5.32 Å². The van der Waals surface area contributed by atoms with Gasteiger partial charge in [0.15, 0.2) is 0 Å². The molecule has 0 bridgehead atoms. The van der Waals surface area contributed by atoms with Crippen LogP contribution in [0.15, 0.2) is 0 Å². The summed E-state index contributed by atoms with van der Waals surface area (Å²) in [6.45, 7) is 8.85. The Bertz CT molecular complexity index is 169. The maximum atomic E-state index is 5.76. The van der Waals surface area contributed by atoms with Gasteiger partial charge in [-0.05, 0) is 46.5 Å². The Kier molecular flexibility index (Phi) is 2.72. The molecule has 1 aliphatic heterocycles. The van der Waals surface area contributed by atoms with Crippen molar-refractivity contribution in [2.45, 2.75) is 57.8 Å². The van der Waals surface area contributed by atoms with Gasteiger partial charge < -0.3 is 16.8 Å². The molecule has 0 atom stereocenters. The maximum Gasteiger partial charge on any atom is 0.0551 e. The Morgan fingerprint density at radius 2 is 1.46 bits per heavy atom. The highest BCUT2D eigenvalue weighted by Crippen LogP contribution is 2.33. The minimum absolute atomic E-state index is 0.156. The summed E-state index contributed by atoms with van der Waals surface area (Å²) in [6.07, 6.45) is 1.95. The van der Waals surface area contributed by atoms with Crippen LogP contribution in [0.1, 0.15) is 40.5 Å². The van der Waals surface area contributed by atoms with Gasteiger partial charge in [-0.2, -0.15) is 0 Å². The van der Waals surface area contributed by atoms with Gasteiger partial charge in [0.05, 0.1) is 6.17 Å². The highest BCUT2D eigenvalue weighted by atomic mass is 15.1. The fourth-order valence-corrected chi connectivity index (χ4v) is 2.67. The van der Waals surface area contributed by atoms with Crippen LogP contribution in [0, 0.1) is 5.92 Å². The molecule has 1 saturated heterocycles. The van der Waals surface area contributed by atoms with E-state index < -0.39 is 0 Å². The molecule has 78 valence electrons. The van der Waals surface area contributed by atoms with Crippen molar-refractivity contribution in [2.75, 3.05) is 0 Å². The average molecular weight is 185 g/mol. The number of hydrogen-bond donors (Lipinski definition) is 3. The first-order valence-electron chi connectivity index (χ1n) is 5.02. The third kappa shape index (κ3) is 2.93. The van der Waals surface area contributed by atoms with E-state index in [9.17, 15) is 0 Å². The molecule has 1 fully saturated rings. The lowest BCUT2D eigenvalue weighted by molar-refractivity contribution is 0.114. The molecule has 0 aliphatic carbocycles. The smallest absolute Gasteiger partial charge is 0.0551 e. The molecule has 1 rings (SSSR count). The second-order valence-corrected chi connectivity index (χ2v) is 5.64. The molecule has 13 heavy (non-hydrogen) atoms. The molecule has 1 aliphatic rings. The molecule has 0 spiro atoms. The molecule has 5 N–H and O–H groups in total. The molecule has 0 saturated carbocycles. The summed E-state index contributed by atoms with van der Waals surface area (Å²) in [7, 11) is 0.